The molecule has 0 amide bonds. The number of nitrogens with one attached hydrogen (secondary N) is 2. The van der Waals surface area contributed by atoms with Gasteiger partial charge in [0.05, 0.1) is 11.3 Å². The van der Waals surface area contributed by atoms with E-state index in [4.69, 9.17) is 14.7 Å². The fourth-order valence-electron chi connectivity index (χ4n) is 5.20. The Balaban J connectivity index is 1.62. The van der Waals surface area contributed by atoms with Crippen LogP contribution in [-0.2, 0) is 11.3 Å². The summed E-state index contributed by atoms with van der Waals surface area (Å²) in [6.07, 6.45) is 10.5. The molecule has 1 aliphatic carbocycles. The zero-order chi connectivity index (χ0) is 24.8. The molecule has 4 rings (SSSR count). The first-order chi connectivity index (χ1) is 17.0. The standard InChI is InChI=1S/C28H41N5O2/c1-5-21(16-34)11-12-29-27-26(25-14-23-13-18(2)31-19(3)24(23)17-35-25)20(4)32-28(33-27)30-15-22-9-7-6-8-10-22/h13-14,21-22,34H,5-12,15-17H2,1-4H3,(H2,29,30,32,33). The Morgan fingerprint density at radius 3 is 2.60 bits per heavy atom. The van der Waals surface area contributed by atoms with Gasteiger partial charge >= 0.3 is 0 Å². The highest BCUT2D eigenvalue weighted by Crippen LogP contribution is 2.35. The molecule has 190 valence electrons. The third kappa shape index (κ3) is 6.31. The number of aliphatic hydroxyl groups is 1. The summed E-state index contributed by atoms with van der Waals surface area (Å²) < 4.78 is 6.24. The average molecular weight is 480 g/mol. The molecule has 0 spiro atoms. The van der Waals surface area contributed by atoms with E-state index in [9.17, 15) is 5.11 Å². The lowest BCUT2D eigenvalue weighted by Crippen LogP contribution is -2.20. The minimum Gasteiger partial charge on any atom is -0.488 e. The van der Waals surface area contributed by atoms with Gasteiger partial charge in [-0.25, -0.2) is 4.98 Å². The maximum atomic E-state index is 9.60. The molecule has 0 radical (unpaired) electrons. The third-order valence-electron chi connectivity index (χ3n) is 7.44. The van der Waals surface area contributed by atoms with E-state index in [-0.39, 0.29) is 12.5 Å². The van der Waals surface area contributed by atoms with E-state index in [2.05, 4.69) is 34.7 Å². The molecule has 1 unspecified atom stereocenters. The van der Waals surface area contributed by atoms with Gasteiger partial charge in [0.2, 0.25) is 5.95 Å². The quantitative estimate of drug-likeness (QED) is 0.406. The fourth-order valence-corrected chi connectivity index (χ4v) is 5.20. The minimum atomic E-state index is 0.208. The zero-order valence-electron chi connectivity index (χ0n) is 21.8. The number of hydrogen-bond donors (Lipinski definition) is 3. The van der Waals surface area contributed by atoms with E-state index >= 15 is 0 Å². The summed E-state index contributed by atoms with van der Waals surface area (Å²) in [6.45, 7) is 10.5. The van der Waals surface area contributed by atoms with E-state index < -0.39 is 0 Å². The highest BCUT2D eigenvalue weighted by molar-refractivity contribution is 5.85. The first-order valence-corrected chi connectivity index (χ1v) is 13.3. The van der Waals surface area contributed by atoms with Gasteiger partial charge in [0.25, 0.3) is 0 Å². The second-order valence-corrected chi connectivity index (χ2v) is 10.1. The van der Waals surface area contributed by atoms with Crippen LogP contribution in [0.2, 0.25) is 0 Å². The second kappa shape index (κ2) is 11.8. The molecule has 0 saturated heterocycles. The van der Waals surface area contributed by atoms with E-state index in [0.29, 0.717) is 18.5 Å². The summed E-state index contributed by atoms with van der Waals surface area (Å²) in [5.74, 6) is 3.22. The molecule has 2 aromatic heterocycles. The van der Waals surface area contributed by atoms with E-state index in [1.54, 1.807) is 0 Å². The molecule has 7 nitrogen and oxygen atoms in total. The predicted molar refractivity (Wildman–Crippen MR) is 142 cm³/mol. The van der Waals surface area contributed by atoms with Crippen LogP contribution < -0.4 is 10.6 Å². The van der Waals surface area contributed by atoms with Crippen molar-refractivity contribution < 1.29 is 9.84 Å². The molecule has 35 heavy (non-hydrogen) atoms. The van der Waals surface area contributed by atoms with Crippen molar-refractivity contribution in [1.29, 1.82) is 0 Å². The summed E-state index contributed by atoms with van der Waals surface area (Å²) in [6, 6.07) is 2.11. The molecule has 3 N–H and O–H groups in total. The summed E-state index contributed by atoms with van der Waals surface area (Å²) in [4.78, 5) is 14.3. The van der Waals surface area contributed by atoms with Crippen LogP contribution in [0.1, 0.15) is 85.6 Å². The van der Waals surface area contributed by atoms with Gasteiger partial charge in [-0.3, -0.25) is 4.98 Å². The Kier molecular flexibility index (Phi) is 8.60. The molecule has 2 aliphatic rings. The lowest BCUT2D eigenvalue weighted by atomic mass is 9.89. The van der Waals surface area contributed by atoms with Gasteiger partial charge in [-0.15, -0.1) is 0 Å². The van der Waals surface area contributed by atoms with Crippen LogP contribution in [0.25, 0.3) is 11.8 Å². The van der Waals surface area contributed by atoms with Crippen molar-refractivity contribution in [3.05, 3.63) is 39.8 Å². The van der Waals surface area contributed by atoms with Crippen LogP contribution in [0.4, 0.5) is 11.8 Å². The van der Waals surface area contributed by atoms with Crippen molar-refractivity contribution >= 4 is 23.6 Å². The molecule has 0 aromatic carbocycles. The Bertz CT molecular complexity index is 1040. The van der Waals surface area contributed by atoms with Crippen LogP contribution >= 0.6 is 0 Å². The number of anilines is 2. The normalized spacial score (nSPS) is 16.8. The molecule has 1 aliphatic heterocycles. The minimum absolute atomic E-state index is 0.208. The molecule has 1 fully saturated rings. The highest BCUT2D eigenvalue weighted by Gasteiger charge is 2.23. The summed E-state index contributed by atoms with van der Waals surface area (Å²) in [5.41, 5.74) is 6.09. The molecule has 7 heteroatoms. The Hall–Kier alpha value is -2.67. The molecule has 2 aromatic rings. The Labute approximate surface area is 209 Å². The number of ether oxygens (including phenoxy) is 1. The molecular weight excluding hydrogens is 438 g/mol. The molecule has 1 saturated carbocycles. The van der Waals surface area contributed by atoms with Crippen molar-refractivity contribution in [2.45, 2.75) is 79.2 Å². The van der Waals surface area contributed by atoms with Gasteiger partial charge in [-0.2, -0.15) is 4.98 Å². The van der Waals surface area contributed by atoms with Gasteiger partial charge in [0.1, 0.15) is 18.2 Å². The third-order valence-corrected chi connectivity index (χ3v) is 7.44. The number of pyridine rings is 1. The maximum Gasteiger partial charge on any atom is 0.224 e. The fraction of sp³-hybridized carbons (Fsp3) is 0.607. The number of nitrogens with zero attached hydrogens (tertiary/aromatic N) is 3. The van der Waals surface area contributed by atoms with Crippen LogP contribution in [0.3, 0.4) is 0 Å². The van der Waals surface area contributed by atoms with E-state index in [1.165, 1.54) is 32.1 Å². The predicted octanol–water partition coefficient (Wildman–Crippen LogP) is 5.64. The molecule has 0 bridgehead atoms. The van der Waals surface area contributed by atoms with Crippen LogP contribution in [0.5, 0.6) is 0 Å². The van der Waals surface area contributed by atoms with Crippen LogP contribution in [0, 0.1) is 32.6 Å². The molecular formula is C28H41N5O2. The van der Waals surface area contributed by atoms with Gasteiger partial charge in [0, 0.05) is 36.6 Å². The smallest absolute Gasteiger partial charge is 0.224 e. The van der Waals surface area contributed by atoms with E-state index in [1.807, 2.05) is 20.8 Å². The van der Waals surface area contributed by atoms with Crippen LogP contribution in [0.15, 0.2) is 6.07 Å². The second-order valence-electron chi connectivity index (χ2n) is 10.1. The van der Waals surface area contributed by atoms with Crippen molar-refractivity contribution in [1.82, 2.24) is 15.0 Å². The lowest BCUT2D eigenvalue weighted by Gasteiger charge is -2.24. The number of aromatic nitrogens is 3. The number of fused-ring (bicyclic) bond motifs is 1. The molecule has 3 heterocycles. The Morgan fingerprint density at radius 2 is 1.86 bits per heavy atom. The first-order valence-electron chi connectivity index (χ1n) is 13.3. The van der Waals surface area contributed by atoms with Crippen molar-refractivity contribution in [2.24, 2.45) is 11.8 Å². The maximum absolute atomic E-state index is 9.60. The number of aryl methyl sites for hydroxylation is 3. The average Bonchev–Trinajstić information content (AvgIpc) is 2.85. The molecule has 1 atom stereocenters. The number of rotatable bonds is 10. The highest BCUT2D eigenvalue weighted by atomic mass is 16.5. The Morgan fingerprint density at radius 1 is 1.06 bits per heavy atom. The van der Waals surface area contributed by atoms with Gasteiger partial charge in [-0.1, -0.05) is 32.6 Å². The number of hydrogen-bond acceptors (Lipinski definition) is 7. The summed E-state index contributed by atoms with van der Waals surface area (Å²) in [7, 11) is 0. The SMILES string of the molecule is CCC(CO)CCNc1nc(NCC2CCCCC2)nc(C)c1C1=Cc2cc(C)nc(C)c2CO1. The van der Waals surface area contributed by atoms with Crippen molar-refractivity contribution in [3.63, 3.8) is 0 Å². The monoisotopic (exact) mass is 479 g/mol. The van der Waals surface area contributed by atoms with Crippen molar-refractivity contribution in [3.8, 4) is 0 Å². The first kappa shape index (κ1) is 25.4. The lowest BCUT2D eigenvalue weighted by molar-refractivity contribution is 0.217. The van der Waals surface area contributed by atoms with Crippen molar-refractivity contribution in [2.75, 3.05) is 30.3 Å². The van der Waals surface area contributed by atoms with Gasteiger partial charge in [-0.05, 0) is 69.6 Å². The topological polar surface area (TPSA) is 92.2 Å². The zero-order valence-corrected chi connectivity index (χ0v) is 21.8. The largest absolute Gasteiger partial charge is 0.488 e. The van der Waals surface area contributed by atoms with Gasteiger partial charge < -0.3 is 20.5 Å². The summed E-state index contributed by atoms with van der Waals surface area (Å²) >= 11 is 0. The summed E-state index contributed by atoms with van der Waals surface area (Å²) in [5, 5.41) is 16.7. The van der Waals surface area contributed by atoms with Gasteiger partial charge in [0.15, 0.2) is 0 Å². The van der Waals surface area contributed by atoms with E-state index in [0.717, 1.165) is 71.3 Å². The van der Waals surface area contributed by atoms with Crippen LogP contribution in [-0.4, -0.2) is 39.8 Å². The number of aliphatic hydroxyl groups excluding tert-OH is 1.